The lowest BCUT2D eigenvalue weighted by molar-refractivity contribution is -0.138. The molecule has 21 heavy (non-hydrogen) atoms. The summed E-state index contributed by atoms with van der Waals surface area (Å²) >= 11 is 0. The van der Waals surface area contributed by atoms with E-state index in [1.54, 1.807) is 0 Å². The lowest BCUT2D eigenvalue weighted by atomic mass is 9.99. The average molecular weight is 295 g/mol. The van der Waals surface area contributed by atoms with Crippen LogP contribution in [0, 0.1) is 0 Å². The zero-order valence-electron chi connectivity index (χ0n) is 14.1. The first-order chi connectivity index (χ1) is 10.1. The van der Waals surface area contributed by atoms with Gasteiger partial charge in [-0.1, -0.05) is 20.3 Å². The van der Waals surface area contributed by atoms with E-state index in [9.17, 15) is 4.79 Å². The van der Waals surface area contributed by atoms with E-state index in [4.69, 9.17) is 0 Å². The molecular weight excluding hydrogens is 262 g/mol. The van der Waals surface area contributed by atoms with Crippen molar-refractivity contribution in [2.45, 2.75) is 77.4 Å². The first-order valence-corrected chi connectivity index (χ1v) is 8.87. The maximum absolute atomic E-state index is 12.7. The van der Waals surface area contributed by atoms with E-state index >= 15 is 0 Å². The number of carbonyl (C=O) groups is 1. The van der Waals surface area contributed by atoms with Gasteiger partial charge in [-0.15, -0.1) is 0 Å². The highest BCUT2D eigenvalue weighted by atomic mass is 16.2. The third kappa shape index (κ3) is 4.68. The molecule has 0 aromatic carbocycles. The molecule has 0 saturated carbocycles. The van der Waals surface area contributed by atoms with Gasteiger partial charge in [0.1, 0.15) is 0 Å². The van der Waals surface area contributed by atoms with Crippen LogP contribution in [0.2, 0.25) is 0 Å². The van der Waals surface area contributed by atoms with E-state index in [2.05, 4.69) is 35.9 Å². The van der Waals surface area contributed by atoms with Crippen LogP contribution in [0.15, 0.2) is 0 Å². The summed E-state index contributed by atoms with van der Waals surface area (Å²) in [6.45, 7) is 10.5. The molecule has 0 spiro atoms. The predicted molar refractivity (Wildman–Crippen MR) is 87.4 cm³/mol. The van der Waals surface area contributed by atoms with Gasteiger partial charge in [0.25, 0.3) is 0 Å². The van der Waals surface area contributed by atoms with Crippen molar-refractivity contribution < 1.29 is 4.79 Å². The Kier molecular flexibility index (Phi) is 6.49. The molecule has 0 radical (unpaired) electrons. The summed E-state index contributed by atoms with van der Waals surface area (Å²) in [4.78, 5) is 17.3. The third-order valence-corrected chi connectivity index (χ3v) is 4.96. The van der Waals surface area contributed by atoms with Crippen molar-refractivity contribution in [1.82, 2.24) is 15.1 Å². The number of hydrogen-bond acceptors (Lipinski definition) is 3. The van der Waals surface area contributed by atoms with E-state index in [1.165, 1.54) is 38.5 Å². The lowest BCUT2D eigenvalue weighted by Crippen LogP contribution is -2.56. The molecule has 2 rings (SSSR count). The third-order valence-electron chi connectivity index (χ3n) is 4.96. The van der Waals surface area contributed by atoms with Crippen LogP contribution in [0.1, 0.15) is 59.3 Å². The smallest absolute Gasteiger partial charge is 0.239 e. The highest BCUT2D eigenvalue weighted by molar-refractivity contribution is 5.81. The quantitative estimate of drug-likeness (QED) is 0.845. The van der Waals surface area contributed by atoms with Gasteiger partial charge in [0.05, 0.1) is 6.04 Å². The van der Waals surface area contributed by atoms with Crippen molar-refractivity contribution in [2.75, 3.05) is 26.2 Å². The summed E-state index contributed by atoms with van der Waals surface area (Å²) in [5.74, 6) is 0.353. The molecule has 4 heteroatoms. The Morgan fingerprint density at radius 1 is 1.05 bits per heavy atom. The Bertz CT molecular complexity index is 326. The van der Waals surface area contributed by atoms with E-state index in [0.29, 0.717) is 18.0 Å². The van der Waals surface area contributed by atoms with Crippen molar-refractivity contribution in [3.05, 3.63) is 0 Å². The molecule has 0 aromatic rings. The Labute approximate surface area is 130 Å². The molecule has 1 amide bonds. The minimum atomic E-state index is 0.0439. The Morgan fingerprint density at radius 3 is 2.38 bits per heavy atom. The van der Waals surface area contributed by atoms with Crippen molar-refractivity contribution in [3.63, 3.8) is 0 Å². The fourth-order valence-electron chi connectivity index (χ4n) is 3.64. The summed E-state index contributed by atoms with van der Waals surface area (Å²) in [6, 6.07) is 1.08. The maximum Gasteiger partial charge on any atom is 0.239 e. The van der Waals surface area contributed by atoms with Crippen molar-refractivity contribution in [1.29, 1.82) is 0 Å². The number of nitrogens with one attached hydrogen (secondary N) is 1. The Balaban J connectivity index is 1.93. The normalized spacial score (nSPS) is 26.1. The number of carbonyl (C=O) groups excluding carboxylic acids is 1. The van der Waals surface area contributed by atoms with Crippen LogP contribution in [0.4, 0.5) is 0 Å². The molecule has 1 N–H and O–H groups in total. The highest BCUT2D eigenvalue weighted by Gasteiger charge is 2.32. The van der Waals surface area contributed by atoms with Gasteiger partial charge in [-0.2, -0.15) is 0 Å². The van der Waals surface area contributed by atoms with Gasteiger partial charge in [-0.05, 0) is 45.6 Å². The summed E-state index contributed by atoms with van der Waals surface area (Å²) < 4.78 is 0. The molecule has 2 aliphatic heterocycles. The highest BCUT2D eigenvalue weighted by Crippen LogP contribution is 2.21. The fraction of sp³-hybridized carbons (Fsp3) is 0.941. The van der Waals surface area contributed by atoms with Gasteiger partial charge in [0, 0.05) is 31.7 Å². The molecule has 2 heterocycles. The summed E-state index contributed by atoms with van der Waals surface area (Å²) in [5, 5.41) is 3.55. The predicted octanol–water partition coefficient (Wildman–Crippen LogP) is 2.24. The van der Waals surface area contributed by atoms with Crippen molar-refractivity contribution in [2.24, 2.45) is 0 Å². The van der Waals surface area contributed by atoms with Gasteiger partial charge >= 0.3 is 0 Å². The van der Waals surface area contributed by atoms with Gasteiger partial charge in [-0.3, -0.25) is 9.69 Å². The molecule has 2 aliphatic rings. The number of amides is 1. The zero-order valence-corrected chi connectivity index (χ0v) is 14.1. The van der Waals surface area contributed by atoms with Gasteiger partial charge in [-0.25, -0.2) is 0 Å². The molecule has 2 saturated heterocycles. The van der Waals surface area contributed by atoms with Crippen LogP contribution >= 0.6 is 0 Å². The first-order valence-electron chi connectivity index (χ1n) is 8.87. The molecule has 2 atom stereocenters. The standard InChI is InChI=1S/C17H33N3O/c1-14(2)18-13-16-9-5-8-12-20(16)15(3)17(21)19-10-6-4-7-11-19/h14-16,18H,4-13H2,1-3H3. The van der Waals surface area contributed by atoms with Crippen LogP contribution in [0.3, 0.4) is 0 Å². The van der Waals surface area contributed by atoms with Crippen LogP contribution in [-0.4, -0.2) is 60.0 Å². The van der Waals surface area contributed by atoms with Crippen LogP contribution in [0.5, 0.6) is 0 Å². The van der Waals surface area contributed by atoms with Crippen LogP contribution in [0.25, 0.3) is 0 Å². The number of likely N-dealkylation sites (tertiary alicyclic amines) is 2. The lowest BCUT2D eigenvalue weighted by Gasteiger charge is -2.41. The summed E-state index contributed by atoms with van der Waals surface area (Å²) in [7, 11) is 0. The number of hydrogen-bond donors (Lipinski definition) is 1. The topological polar surface area (TPSA) is 35.6 Å². The van der Waals surface area contributed by atoms with E-state index < -0.39 is 0 Å². The van der Waals surface area contributed by atoms with E-state index in [1.807, 2.05) is 0 Å². The second-order valence-corrected chi connectivity index (χ2v) is 7.01. The average Bonchev–Trinajstić information content (AvgIpc) is 2.52. The number of piperidine rings is 2. The van der Waals surface area contributed by atoms with Crippen LogP contribution in [-0.2, 0) is 4.79 Å². The van der Waals surface area contributed by atoms with Crippen molar-refractivity contribution >= 4 is 5.91 Å². The van der Waals surface area contributed by atoms with Crippen molar-refractivity contribution in [3.8, 4) is 0 Å². The molecule has 4 nitrogen and oxygen atoms in total. The maximum atomic E-state index is 12.7. The largest absolute Gasteiger partial charge is 0.341 e. The molecule has 122 valence electrons. The summed E-state index contributed by atoms with van der Waals surface area (Å²) in [6.07, 6.45) is 7.38. The second kappa shape index (κ2) is 8.14. The first kappa shape index (κ1) is 16.8. The molecular formula is C17H33N3O. The van der Waals surface area contributed by atoms with Gasteiger partial charge in [0.15, 0.2) is 0 Å². The minimum absolute atomic E-state index is 0.0439. The number of rotatable bonds is 5. The van der Waals surface area contributed by atoms with Gasteiger partial charge < -0.3 is 10.2 Å². The monoisotopic (exact) mass is 295 g/mol. The molecule has 0 aromatic heterocycles. The molecule has 0 aliphatic carbocycles. The van der Waals surface area contributed by atoms with E-state index in [0.717, 1.165) is 26.2 Å². The second-order valence-electron chi connectivity index (χ2n) is 7.01. The van der Waals surface area contributed by atoms with Crippen LogP contribution < -0.4 is 5.32 Å². The fourth-order valence-corrected chi connectivity index (χ4v) is 3.64. The SMILES string of the molecule is CC(C)NCC1CCCCN1C(C)C(=O)N1CCCCC1. The van der Waals surface area contributed by atoms with Gasteiger partial charge in [0.2, 0.25) is 5.91 Å². The Hall–Kier alpha value is -0.610. The van der Waals surface area contributed by atoms with E-state index in [-0.39, 0.29) is 6.04 Å². The number of nitrogens with zero attached hydrogens (tertiary/aromatic N) is 2. The molecule has 2 fully saturated rings. The molecule has 2 unspecified atom stereocenters. The molecule has 0 bridgehead atoms. The minimum Gasteiger partial charge on any atom is -0.341 e. The Morgan fingerprint density at radius 2 is 1.71 bits per heavy atom. The summed E-state index contributed by atoms with van der Waals surface area (Å²) in [5.41, 5.74) is 0. The zero-order chi connectivity index (χ0) is 15.2.